The molecule has 0 spiro atoms. The second-order valence-corrected chi connectivity index (χ2v) is 5.57. The van der Waals surface area contributed by atoms with Gasteiger partial charge in [-0.3, -0.25) is 9.69 Å². The number of rotatable bonds is 8. The number of nitrogens with one attached hydrogen (secondary N) is 1. The van der Waals surface area contributed by atoms with Crippen molar-refractivity contribution in [3.05, 3.63) is 71.8 Å². The topological polar surface area (TPSA) is 78.9 Å². The highest BCUT2D eigenvalue weighted by Crippen LogP contribution is 2.10. The molecular formula is C19H22N2O4. The van der Waals surface area contributed by atoms with Crippen LogP contribution >= 0.6 is 0 Å². The molecule has 0 unspecified atom stereocenters. The maximum absolute atomic E-state index is 12.5. The van der Waals surface area contributed by atoms with Gasteiger partial charge in [-0.1, -0.05) is 60.7 Å². The number of amides is 2. The molecule has 0 saturated carbocycles. The van der Waals surface area contributed by atoms with Crippen molar-refractivity contribution in [3.63, 3.8) is 0 Å². The van der Waals surface area contributed by atoms with Crippen LogP contribution in [-0.2, 0) is 22.6 Å². The number of carboxylic acid groups (broad SMARTS) is 1. The Labute approximate surface area is 147 Å². The molecule has 132 valence electrons. The zero-order valence-corrected chi connectivity index (χ0v) is 14.1. The van der Waals surface area contributed by atoms with Gasteiger partial charge in [0.2, 0.25) is 5.91 Å². The molecule has 2 aromatic rings. The lowest BCUT2D eigenvalue weighted by atomic mass is 10.1. The molecule has 25 heavy (non-hydrogen) atoms. The van der Waals surface area contributed by atoms with Crippen LogP contribution in [0.3, 0.4) is 0 Å². The molecule has 0 bridgehead atoms. The first kappa shape index (κ1) is 18.5. The fourth-order valence-electron chi connectivity index (χ4n) is 2.46. The quantitative estimate of drug-likeness (QED) is 0.772. The van der Waals surface area contributed by atoms with Gasteiger partial charge >= 0.3 is 6.09 Å². The Hall–Kier alpha value is -2.86. The number of nitrogens with zero attached hydrogens (tertiary/aromatic N) is 1. The van der Waals surface area contributed by atoms with E-state index >= 15 is 0 Å². The third kappa shape index (κ3) is 5.61. The highest BCUT2D eigenvalue weighted by atomic mass is 16.5. The van der Waals surface area contributed by atoms with Crippen molar-refractivity contribution >= 4 is 12.0 Å². The van der Waals surface area contributed by atoms with E-state index in [0.717, 1.165) is 16.0 Å². The predicted molar refractivity (Wildman–Crippen MR) is 94.0 cm³/mol. The molecule has 2 amide bonds. The lowest BCUT2D eigenvalue weighted by Crippen LogP contribution is -2.51. The van der Waals surface area contributed by atoms with Gasteiger partial charge in [-0.05, 0) is 11.1 Å². The zero-order valence-electron chi connectivity index (χ0n) is 14.1. The summed E-state index contributed by atoms with van der Waals surface area (Å²) < 4.78 is 5.08. The second-order valence-electron chi connectivity index (χ2n) is 5.57. The van der Waals surface area contributed by atoms with Gasteiger partial charge in [0.25, 0.3) is 0 Å². The van der Waals surface area contributed by atoms with Gasteiger partial charge in [0.15, 0.2) is 0 Å². The van der Waals surface area contributed by atoms with E-state index in [4.69, 9.17) is 4.74 Å². The maximum atomic E-state index is 12.5. The lowest BCUT2D eigenvalue weighted by Gasteiger charge is -2.28. The molecule has 0 saturated heterocycles. The summed E-state index contributed by atoms with van der Waals surface area (Å²) in [7, 11) is 1.44. The molecule has 0 radical (unpaired) electrons. The van der Waals surface area contributed by atoms with E-state index in [2.05, 4.69) is 5.32 Å². The molecule has 0 aromatic heterocycles. The summed E-state index contributed by atoms with van der Waals surface area (Å²) in [6.07, 6.45) is -1.17. The van der Waals surface area contributed by atoms with Crippen LogP contribution < -0.4 is 5.32 Å². The highest BCUT2D eigenvalue weighted by molar-refractivity contribution is 5.85. The Morgan fingerprint density at radius 1 is 1.04 bits per heavy atom. The van der Waals surface area contributed by atoms with Gasteiger partial charge in [-0.2, -0.15) is 0 Å². The molecule has 2 rings (SSSR count). The molecule has 0 aliphatic carbocycles. The van der Waals surface area contributed by atoms with Crippen molar-refractivity contribution in [2.75, 3.05) is 13.7 Å². The van der Waals surface area contributed by atoms with E-state index in [0.29, 0.717) is 6.54 Å². The molecule has 2 aromatic carbocycles. The Balaban J connectivity index is 2.09. The van der Waals surface area contributed by atoms with Gasteiger partial charge in [0.05, 0.1) is 6.61 Å². The fraction of sp³-hybridized carbons (Fsp3) is 0.263. The minimum atomic E-state index is -1.17. The van der Waals surface area contributed by atoms with Crippen LogP contribution in [0.15, 0.2) is 60.7 Å². The van der Waals surface area contributed by atoms with Crippen LogP contribution in [0.25, 0.3) is 0 Å². The number of ether oxygens (including phenoxy) is 1. The van der Waals surface area contributed by atoms with Crippen LogP contribution in [0.2, 0.25) is 0 Å². The summed E-state index contributed by atoms with van der Waals surface area (Å²) in [5.74, 6) is -0.385. The first-order chi connectivity index (χ1) is 12.1. The molecule has 0 aliphatic heterocycles. The average molecular weight is 342 g/mol. The number of carbonyl (C=O) groups is 2. The molecule has 2 N–H and O–H groups in total. The molecule has 1 atom stereocenters. The largest absolute Gasteiger partial charge is 0.465 e. The monoisotopic (exact) mass is 342 g/mol. The van der Waals surface area contributed by atoms with Gasteiger partial charge in [0.1, 0.15) is 6.04 Å². The minimum absolute atomic E-state index is 0.0141. The average Bonchev–Trinajstić information content (AvgIpc) is 2.64. The molecular weight excluding hydrogens is 320 g/mol. The number of methoxy groups -OCH3 is 1. The van der Waals surface area contributed by atoms with Crippen molar-refractivity contribution in [2.24, 2.45) is 0 Å². The van der Waals surface area contributed by atoms with Gasteiger partial charge in [-0.25, -0.2) is 4.79 Å². The van der Waals surface area contributed by atoms with E-state index in [1.807, 2.05) is 60.7 Å². The van der Waals surface area contributed by atoms with Crippen molar-refractivity contribution in [1.29, 1.82) is 0 Å². The number of carbonyl (C=O) groups excluding carboxylic acids is 1. The Morgan fingerprint density at radius 3 is 2.12 bits per heavy atom. The smallest absolute Gasteiger partial charge is 0.408 e. The number of hydrogen-bond acceptors (Lipinski definition) is 3. The third-order valence-electron chi connectivity index (χ3n) is 3.75. The lowest BCUT2D eigenvalue weighted by molar-refractivity contribution is -0.128. The van der Waals surface area contributed by atoms with Gasteiger partial charge < -0.3 is 15.2 Å². The first-order valence-corrected chi connectivity index (χ1v) is 7.96. The summed E-state index contributed by atoms with van der Waals surface area (Å²) in [5.41, 5.74) is 1.75. The molecule has 6 heteroatoms. The van der Waals surface area contributed by atoms with Crippen LogP contribution in [0.5, 0.6) is 0 Å². The summed E-state index contributed by atoms with van der Waals surface area (Å²) in [5, 5.41) is 12.3. The van der Waals surface area contributed by atoms with Crippen LogP contribution in [0, 0.1) is 0 Å². The van der Waals surface area contributed by atoms with E-state index in [-0.39, 0.29) is 19.1 Å². The molecule has 0 heterocycles. The Bertz CT molecular complexity index is 676. The summed E-state index contributed by atoms with van der Waals surface area (Å²) in [6.45, 7) is 0.432. The van der Waals surface area contributed by atoms with Crippen LogP contribution in [0.1, 0.15) is 11.1 Å². The van der Waals surface area contributed by atoms with Crippen molar-refractivity contribution in [2.45, 2.75) is 19.1 Å². The number of benzene rings is 2. The van der Waals surface area contributed by atoms with Crippen molar-refractivity contribution in [1.82, 2.24) is 10.2 Å². The van der Waals surface area contributed by atoms with Crippen molar-refractivity contribution in [3.8, 4) is 0 Å². The molecule has 6 nitrogen and oxygen atoms in total. The minimum Gasteiger partial charge on any atom is -0.465 e. The highest BCUT2D eigenvalue weighted by Gasteiger charge is 2.29. The van der Waals surface area contributed by atoms with E-state index in [1.165, 1.54) is 7.11 Å². The first-order valence-electron chi connectivity index (χ1n) is 7.96. The predicted octanol–water partition coefficient (Wildman–Crippen LogP) is 2.50. The normalized spacial score (nSPS) is 11.6. The summed E-state index contributed by atoms with van der Waals surface area (Å²) in [4.78, 5) is 25.3. The van der Waals surface area contributed by atoms with Gasteiger partial charge in [-0.15, -0.1) is 0 Å². The zero-order chi connectivity index (χ0) is 18.1. The van der Waals surface area contributed by atoms with E-state index in [9.17, 15) is 14.7 Å². The standard InChI is InChI=1S/C19H22N2O4/c1-25-14-17(18(22)20-12-15-8-4-2-5-9-15)21(19(23)24)13-16-10-6-3-7-11-16/h2-11,17H,12-14H2,1H3,(H,20,22)(H,23,24)/t17-/m1/s1. The third-order valence-corrected chi connectivity index (χ3v) is 3.75. The Morgan fingerprint density at radius 2 is 1.60 bits per heavy atom. The van der Waals surface area contributed by atoms with E-state index in [1.54, 1.807) is 0 Å². The van der Waals surface area contributed by atoms with Crippen LogP contribution in [0.4, 0.5) is 4.79 Å². The maximum Gasteiger partial charge on any atom is 0.408 e. The fourth-order valence-corrected chi connectivity index (χ4v) is 2.46. The van der Waals surface area contributed by atoms with Gasteiger partial charge in [0, 0.05) is 20.2 Å². The molecule has 0 aliphatic rings. The summed E-state index contributed by atoms with van der Waals surface area (Å²) >= 11 is 0. The van der Waals surface area contributed by atoms with E-state index < -0.39 is 12.1 Å². The second kappa shape index (κ2) is 9.44. The summed E-state index contributed by atoms with van der Waals surface area (Å²) in [6, 6.07) is 17.7. The Kier molecular flexibility index (Phi) is 6.98. The molecule has 0 fully saturated rings. The SMILES string of the molecule is COC[C@H](C(=O)NCc1ccccc1)N(Cc1ccccc1)C(=O)O. The van der Waals surface area contributed by atoms with Crippen LogP contribution in [-0.4, -0.2) is 41.8 Å². The van der Waals surface area contributed by atoms with Crippen molar-refractivity contribution < 1.29 is 19.4 Å². The number of hydrogen-bond donors (Lipinski definition) is 2.